The van der Waals surface area contributed by atoms with Crippen LogP contribution in [-0.4, -0.2) is 50.7 Å². The number of morpholine rings is 1. The predicted molar refractivity (Wildman–Crippen MR) is 116 cm³/mol. The summed E-state index contributed by atoms with van der Waals surface area (Å²) in [6.07, 6.45) is 2.82. The van der Waals surface area contributed by atoms with Gasteiger partial charge in [-0.05, 0) is 30.2 Å². The van der Waals surface area contributed by atoms with E-state index in [4.69, 9.17) is 18.9 Å². The first-order valence-electron chi connectivity index (χ1n) is 10.1. The van der Waals surface area contributed by atoms with E-state index in [0.717, 1.165) is 47.4 Å². The Balaban J connectivity index is 1.71. The van der Waals surface area contributed by atoms with Crippen LogP contribution in [0.1, 0.15) is 25.0 Å². The van der Waals surface area contributed by atoms with Crippen LogP contribution in [0.15, 0.2) is 42.6 Å². The van der Waals surface area contributed by atoms with Crippen LogP contribution >= 0.6 is 0 Å². The molecular formula is C23H27N3O4. The Morgan fingerprint density at radius 3 is 2.40 bits per heavy atom. The highest BCUT2D eigenvalue weighted by Crippen LogP contribution is 2.37. The van der Waals surface area contributed by atoms with Gasteiger partial charge in [0.2, 0.25) is 0 Å². The van der Waals surface area contributed by atoms with E-state index in [2.05, 4.69) is 34.2 Å². The fourth-order valence-electron chi connectivity index (χ4n) is 3.89. The number of benzene rings is 2. The molecule has 3 aromatic rings. The molecule has 0 bridgehead atoms. The summed E-state index contributed by atoms with van der Waals surface area (Å²) in [7, 11) is 4.93. The molecule has 4 rings (SSSR count). The van der Waals surface area contributed by atoms with Gasteiger partial charge in [0.25, 0.3) is 0 Å². The summed E-state index contributed by atoms with van der Waals surface area (Å²) in [5.74, 6) is 2.15. The highest BCUT2D eigenvalue weighted by Gasteiger charge is 2.29. The van der Waals surface area contributed by atoms with E-state index in [1.165, 1.54) is 0 Å². The summed E-state index contributed by atoms with van der Waals surface area (Å²) in [5.41, 5.74) is 2.91. The zero-order chi connectivity index (χ0) is 21.1. The van der Waals surface area contributed by atoms with Gasteiger partial charge < -0.3 is 23.8 Å². The molecular weight excluding hydrogens is 382 g/mol. The average molecular weight is 409 g/mol. The lowest BCUT2D eigenvalue weighted by Crippen LogP contribution is -2.44. The Bertz CT molecular complexity index is 1010. The Labute approximate surface area is 176 Å². The lowest BCUT2D eigenvalue weighted by atomic mass is 10.0. The van der Waals surface area contributed by atoms with E-state index in [1.807, 2.05) is 30.5 Å². The van der Waals surface area contributed by atoms with Crippen molar-refractivity contribution in [3.05, 3.63) is 48.2 Å². The van der Waals surface area contributed by atoms with Crippen molar-refractivity contribution in [2.45, 2.75) is 25.6 Å². The van der Waals surface area contributed by atoms with Crippen molar-refractivity contribution >= 4 is 16.6 Å². The minimum absolute atomic E-state index is 0.0436. The molecule has 2 aromatic carbocycles. The highest BCUT2D eigenvalue weighted by atomic mass is 16.5. The molecule has 1 aromatic heterocycles. The van der Waals surface area contributed by atoms with E-state index in [-0.39, 0.29) is 12.2 Å². The fraction of sp³-hybridized carbons (Fsp3) is 0.391. The minimum atomic E-state index is -0.0436. The Kier molecular flexibility index (Phi) is 5.90. The van der Waals surface area contributed by atoms with Crippen LogP contribution in [0.25, 0.3) is 10.9 Å². The first kappa shape index (κ1) is 20.2. The van der Waals surface area contributed by atoms with Gasteiger partial charge in [0.15, 0.2) is 11.5 Å². The lowest BCUT2D eigenvalue weighted by Gasteiger charge is -2.39. The van der Waals surface area contributed by atoms with Crippen LogP contribution in [0.3, 0.4) is 0 Å². The Hall–Kier alpha value is -3.06. The maximum Gasteiger partial charge on any atom is 0.162 e. The molecule has 0 spiro atoms. The second-order valence-corrected chi connectivity index (χ2v) is 7.29. The molecule has 158 valence electrons. The molecule has 2 heterocycles. The number of fused-ring (bicyclic) bond motifs is 1. The third-order valence-corrected chi connectivity index (χ3v) is 5.57. The van der Waals surface area contributed by atoms with E-state index < -0.39 is 0 Å². The largest absolute Gasteiger partial charge is 0.497 e. The van der Waals surface area contributed by atoms with Crippen molar-refractivity contribution in [3.8, 4) is 17.2 Å². The highest BCUT2D eigenvalue weighted by molar-refractivity contribution is 5.93. The standard InChI is InChI=1S/C23H27N3O4/c1-5-16-13-26(14-23(30-16)15-6-8-17(27-2)9-7-15)20-12-24-25-19-11-22(29-4)21(28-3)10-18(19)20/h6-12,16,23H,5,13-14H2,1-4H3. The Morgan fingerprint density at radius 2 is 1.73 bits per heavy atom. The maximum atomic E-state index is 6.38. The number of nitrogens with zero attached hydrogens (tertiary/aromatic N) is 3. The zero-order valence-electron chi connectivity index (χ0n) is 17.8. The topological polar surface area (TPSA) is 65.9 Å². The van der Waals surface area contributed by atoms with Crippen molar-refractivity contribution in [1.82, 2.24) is 10.2 Å². The molecule has 7 heteroatoms. The third-order valence-electron chi connectivity index (χ3n) is 5.57. The van der Waals surface area contributed by atoms with E-state index in [1.54, 1.807) is 21.3 Å². The maximum absolute atomic E-state index is 6.38. The summed E-state index contributed by atoms with van der Waals surface area (Å²) in [4.78, 5) is 2.33. The third kappa shape index (κ3) is 3.85. The van der Waals surface area contributed by atoms with Crippen LogP contribution in [0.2, 0.25) is 0 Å². The number of ether oxygens (including phenoxy) is 4. The number of anilines is 1. The van der Waals surface area contributed by atoms with Gasteiger partial charge in [0.1, 0.15) is 11.9 Å². The lowest BCUT2D eigenvalue weighted by molar-refractivity contribution is -0.0288. The number of aromatic nitrogens is 2. The van der Waals surface area contributed by atoms with Crippen molar-refractivity contribution in [2.75, 3.05) is 39.3 Å². The van der Waals surface area contributed by atoms with Crippen LogP contribution in [0.4, 0.5) is 5.69 Å². The monoisotopic (exact) mass is 409 g/mol. The smallest absolute Gasteiger partial charge is 0.162 e. The normalized spacial score (nSPS) is 19.0. The van der Waals surface area contributed by atoms with E-state index in [9.17, 15) is 0 Å². The van der Waals surface area contributed by atoms with Gasteiger partial charge in [-0.2, -0.15) is 10.2 Å². The molecule has 7 nitrogen and oxygen atoms in total. The molecule has 0 N–H and O–H groups in total. The van der Waals surface area contributed by atoms with Crippen LogP contribution in [-0.2, 0) is 4.74 Å². The average Bonchev–Trinajstić information content (AvgIpc) is 2.82. The Morgan fingerprint density at radius 1 is 1.00 bits per heavy atom. The number of hydrogen-bond acceptors (Lipinski definition) is 7. The van der Waals surface area contributed by atoms with Gasteiger partial charge in [0, 0.05) is 24.5 Å². The molecule has 0 amide bonds. The molecule has 1 fully saturated rings. The van der Waals surface area contributed by atoms with E-state index >= 15 is 0 Å². The number of rotatable bonds is 6. The molecule has 1 aliphatic heterocycles. The molecule has 2 unspecified atom stereocenters. The van der Waals surface area contributed by atoms with Crippen LogP contribution < -0.4 is 19.1 Å². The quantitative estimate of drug-likeness (QED) is 0.609. The molecule has 0 saturated carbocycles. The van der Waals surface area contributed by atoms with Crippen molar-refractivity contribution in [2.24, 2.45) is 0 Å². The van der Waals surface area contributed by atoms with Crippen molar-refractivity contribution < 1.29 is 18.9 Å². The van der Waals surface area contributed by atoms with Gasteiger partial charge in [-0.1, -0.05) is 19.1 Å². The van der Waals surface area contributed by atoms with Crippen LogP contribution in [0, 0.1) is 0 Å². The number of methoxy groups -OCH3 is 3. The first-order chi connectivity index (χ1) is 14.7. The summed E-state index contributed by atoms with van der Waals surface area (Å²) in [6.45, 7) is 3.66. The molecule has 30 heavy (non-hydrogen) atoms. The van der Waals surface area contributed by atoms with Gasteiger partial charge in [0.05, 0.1) is 44.8 Å². The van der Waals surface area contributed by atoms with Gasteiger partial charge >= 0.3 is 0 Å². The van der Waals surface area contributed by atoms with Gasteiger partial charge in [-0.3, -0.25) is 0 Å². The van der Waals surface area contributed by atoms with Gasteiger partial charge in [-0.15, -0.1) is 0 Å². The predicted octanol–water partition coefficient (Wildman–Crippen LogP) is 4.01. The van der Waals surface area contributed by atoms with Crippen molar-refractivity contribution in [1.29, 1.82) is 0 Å². The first-order valence-corrected chi connectivity index (χ1v) is 10.1. The van der Waals surface area contributed by atoms with Crippen molar-refractivity contribution in [3.63, 3.8) is 0 Å². The molecule has 1 saturated heterocycles. The second kappa shape index (κ2) is 8.75. The second-order valence-electron chi connectivity index (χ2n) is 7.29. The molecule has 2 atom stereocenters. The molecule has 0 aliphatic carbocycles. The zero-order valence-corrected chi connectivity index (χ0v) is 17.8. The SMILES string of the molecule is CCC1CN(c2cnnc3cc(OC)c(OC)cc23)CC(c2ccc(OC)cc2)O1. The van der Waals surface area contributed by atoms with Gasteiger partial charge in [-0.25, -0.2) is 0 Å². The van der Waals surface area contributed by atoms with Crippen LogP contribution in [0.5, 0.6) is 17.2 Å². The number of hydrogen-bond donors (Lipinski definition) is 0. The summed E-state index contributed by atoms with van der Waals surface area (Å²) in [5, 5.41) is 9.52. The van der Waals surface area contributed by atoms with E-state index in [0.29, 0.717) is 11.5 Å². The molecule has 0 radical (unpaired) electrons. The summed E-state index contributed by atoms with van der Waals surface area (Å²) >= 11 is 0. The summed E-state index contributed by atoms with van der Waals surface area (Å²) in [6, 6.07) is 11.9. The fourth-order valence-corrected chi connectivity index (χ4v) is 3.89. The minimum Gasteiger partial charge on any atom is -0.497 e. The molecule has 1 aliphatic rings. The summed E-state index contributed by atoms with van der Waals surface area (Å²) < 4.78 is 22.6.